The summed E-state index contributed by atoms with van der Waals surface area (Å²) in [6.45, 7) is 0. The Morgan fingerprint density at radius 3 is 1.57 bits per heavy atom. The molecule has 0 radical (unpaired) electrons. The highest BCUT2D eigenvalue weighted by molar-refractivity contribution is 6.18. The zero-order chi connectivity index (χ0) is 35.5. The van der Waals surface area contributed by atoms with Gasteiger partial charge in [0.15, 0.2) is 0 Å². The van der Waals surface area contributed by atoms with Crippen LogP contribution in [0.4, 0.5) is 0 Å². The predicted molar refractivity (Wildman–Crippen MR) is 220 cm³/mol. The number of furan rings is 2. The third-order valence-electron chi connectivity index (χ3n) is 11.1. The minimum Gasteiger partial charge on any atom is -0.456 e. The molecule has 0 saturated heterocycles. The van der Waals surface area contributed by atoms with Crippen molar-refractivity contribution in [1.82, 2.24) is 9.13 Å². The summed E-state index contributed by atoms with van der Waals surface area (Å²) < 4.78 is 17.4. The van der Waals surface area contributed by atoms with Gasteiger partial charge in [-0.1, -0.05) is 84.9 Å². The molecule has 0 unspecified atom stereocenters. The first-order chi connectivity index (χ1) is 26.7. The van der Waals surface area contributed by atoms with Crippen LogP contribution in [0.1, 0.15) is 5.56 Å². The van der Waals surface area contributed by atoms with E-state index in [2.05, 4.69) is 143 Å². The average Bonchev–Trinajstić information content (AvgIpc) is 3.96. The SMILES string of the molecule is N#Cc1ccc(-n2c3ccccc3c3cc4oc5ccccc5c4cc32)c(-c2cccc(-n3c4ccccc4c4cc5oc6ccccc6c5cc43)c2)c1. The Labute approximate surface area is 307 Å². The molecule has 0 amide bonds. The molecule has 0 saturated carbocycles. The van der Waals surface area contributed by atoms with Crippen LogP contribution in [0.5, 0.6) is 0 Å². The molecular formula is C49H27N3O2. The van der Waals surface area contributed by atoms with Crippen molar-refractivity contribution in [2.45, 2.75) is 0 Å². The number of benzene rings is 8. The standard InChI is InChI=1S/C49H27N3O2/c50-28-29-20-21-43(52-42-17-6-2-13-33(42)38-27-49-40(25-45(38)52)35-15-4-8-19-47(35)54-49)36(22-29)30-10-9-11-31(23-30)51-41-16-5-1-12-32(41)37-26-48-39(24-44(37)51)34-14-3-7-18-46(34)53-48/h1-27H. The van der Waals surface area contributed by atoms with E-state index < -0.39 is 0 Å². The fourth-order valence-corrected chi connectivity index (χ4v) is 8.76. The van der Waals surface area contributed by atoms with E-state index in [0.29, 0.717) is 5.56 Å². The summed E-state index contributed by atoms with van der Waals surface area (Å²) >= 11 is 0. The summed E-state index contributed by atoms with van der Waals surface area (Å²) in [5, 5.41) is 19.1. The topological polar surface area (TPSA) is 59.9 Å². The second kappa shape index (κ2) is 10.7. The largest absolute Gasteiger partial charge is 0.456 e. The maximum atomic E-state index is 10.2. The molecule has 8 aromatic carbocycles. The Bertz CT molecular complexity index is 3590. The van der Waals surface area contributed by atoms with Gasteiger partial charge in [-0.25, -0.2) is 0 Å². The van der Waals surface area contributed by atoms with Crippen molar-refractivity contribution in [3.05, 3.63) is 169 Å². The van der Waals surface area contributed by atoms with Crippen molar-refractivity contribution in [1.29, 1.82) is 5.26 Å². The van der Waals surface area contributed by atoms with E-state index >= 15 is 0 Å². The first-order valence-corrected chi connectivity index (χ1v) is 18.1. The van der Waals surface area contributed by atoms with Gasteiger partial charge in [0.05, 0.1) is 39.4 Å². The molecule has 0 spiro atoms. The van der Waals surface area contributed by atoms with E-state index in [0.717, 1.165) is 110 Å². The molecule has 0 bridgehead atoms. The molecule has 4 aromatic heterocycles. The zero-order valence-electron chi connectivity index (χ0n) is 28.7. The van der Waals surface area contributed by atoms with Crippen LogP contribution in [0.2, 0.25) is 0 Å². The van der Waals surface area contributed by atoms with Crippen LogP contribution < -0.4 is 0 Å². The van der Waals surface area contributed by atoms with E-state index in [1.165, 1.54) is 0 Å². The molecule has 12 rings (SSSR count). The molecule has 0 aliphatic heterocycles. The smallest absolute Gasteiger partial charge is 0.136 e. The number of rotatable bonds is 3. The van der Waals surface area contributed by atoms with Gasteiger partial charge in [-0.05, 0) is 84.4 Å². The number of hydrogen-bond acceptors (Lipinski definition) is 3. The summed E-state index contributed by atoms with van der Waals surface area (Å²) in [7, 11) is 0. The third-order valence-corrected chi connectivity index (χ3v) is 11.1. The minimum absolute atomic E-state index is 0.606. The fraction of sp³-hybridized carbons (Fsp3) is 0. The molecule has 5 nitrogen and oxygen atoms in total. The van der Waals surface area contributed by atoms with E-state index in [1.54, 1.807) is 0 Å². The lowest BCUT2D eigenvalue weighted by Crippen LogP contribution is -1.99. The van der Waals surface area contributed by atoms with Crippen molar-refractivity contribution < 1.29 is 8.83 Å². The second-order valence-corrected chi connectivity index (χ2v) is 14.0. The summed E-state index contributed by atoms with van der Waals surface area (Å²) in [6, 6.07) is 59.5. The summed E-state index contributed by atoms with van der Waals surface area (Å²) in [6.07, 6.45) is 0. The number of hydrogen-bond donors (Lipinski definition) is 0. The molecule has 12 aromatic rings. The lowest BCUT2D eigenvalue weighted by molar-refractivity contribution is 0.669. The number of nitriles is 1. The van der Waals surface area contributed by atoms with Gasteiger partial charge in [0, 0.05) is 54.3 Å². The Kier molecular flexibility index (Phi) is 5.78. The zero-order valence-corrected chi connectivity index (χ0v) is 28.7. The van der Waals surface area contributed by atoms with Crippen LogP contribution in [0.25, 0.3) is 110 Å². The Morgan fingerprint density at radius 1 is 0.389 bits per heavy atom. The van der Waals surface area contributed by atoms with Crippen LogP contribution in [0.15, 0.2) is 173 Å². The predicted octanol–water partition coefficient (Wildman–Crippen LogP) is 13.2. The first-order valence-electron chi connectivity index (χ1n) is 18.1. The lowest BCUT2D eigenvalue weighted by Gasteiger charge is -2.16. The van der Waals surface area contributed by atoms with Gasteiger partial charge >= 0.3 is 0 Å². The average molecular weight is 690 g/mol. The fourth-order valence-electron chi connectivity index (χ4n) is 8.76. The first kappa shape index (κ1) is 29.1. The van der Waals surface area contributed by atoms with Gasteiger partial charge in [0.25, 0.3) is 0 Å². The molecule has 5 heteroatoms. The Morgan fingerprint density at radius 2 is 0.944 bits per heavy atom. The molecule has 250 valence electrons. The van der Waals surface area contributed by atoms with E-state index in [4.69, 9.17) is 8.83 Å². The van der Waals surface area contributed by atoms with E-state index in [9.17, 15) is 5.26 Å². The summed E-state index contributed by atoms with van der Waals surface area (Å²) in [5.74, 6) is 0. The normalized spacial score (nSPS) is 12.1. The maximum absolute atomic E-state index is 10.2. The number of aromatic nitrogens is 2. The molecule has 4 heterocycles. The highest BCUT2D eigenvalue weighted by atomic mass is 16.3. The molecule has 0 N–H and O–H groups in total. The van der Waals surface area contributed by atoms with Crippen molar-refractivity contribution in [2.75, 3.05) is 0 Å². The summed E-state index contributed by atoms with van der Waals surface area (Å²) in [4.78, 5) is 0. The van der Waals surface area contributed by atoms with Gasteiger partial charge in [-0.3, -0.25) is 0 Å². The number of nitrogens with zero attached hydrogens (tertiary/aromatic N) is 3. The van der Waals surface area contributed by atoms with Gasteiger partial charge in [-0.2, -0.15) is 5.26 Å². The number of fused-ring (bicyclic) bond motifs is 12. The molecule has 0 atom stereocenters. The molecule has 0 aliphatic carbocycles. The van der Waals surface area contributed by atoms with E-state index in [1.807, 2.05) is 36.4 Å². The van der Waals surface area contributed by atoms with E-state index in [-0.39, 0.29) is 0 Å². The quantitative estimate of drug-likeness (QED) is 0.185. The highest BCUT2D eigenvalue weighted by Crippen LogP contribution is 2.42. The van der Waals surface area contributed by atoms with Crippen LogP contribution in [-0.4, -0.2) is 9.13 Å². The maximum Gasteiger partial charge on any atom is 0.136 e. The Hall–Kier alpha value is -7.55. The minimum atomic E-state index is 0.606. The molecule has 0 aliphatic rings. The van der Waals surface area contributed by atoms with Gasteiger partial charge < -0.3 is 18.0 Å². The third kappa shape index (κ3) is 3.97. The Balaban J connectivity index is 1.13. The van der Waals surface area contributed by atoms with Crippen LogP contribution >= 0.6 is 0 Å². The monoisotopic (exact) mass is 689 g/mol. The molecule has 0 fully saturated rings. The van der Waals surface area contributed by atoms with Gasteiger partial charge in [-0.15, -0.1) is 0 Å². The van der Waals surface area contributed by atoms with Crippen molar-refractivity contribution in [3.63, 3.8) is 0 Å². The van der Waals surface area contributed by atoms with Crippen molar-refractivity contribution in [2.24, 2.45) is 0 Å². The van der Waals surface area contributed by atoms with Gasteiger partial charge in [0.2, 0.25) is 0 Å². The lowest BCUT2D eigenvalue weighted by atomic mass is 10.00. The van der Waals surface area contributed by atoms with Crippen molar-refractivity contribution >= 4 is 87.5 Å². The van der Waals surface area contributed by atoms with Crippen molar-refractivity contribution in [3.8, 4) is 28.6 Å². The molecule has 54 heavy (non-hydrogen) atoms. The van der Waals surface area contributed by atoms with Crippen LogP contribution in [0, 0.1) is 11.3 Å². The number of para-hydroxylation sites is 4. The molecular weight excluding hydrogens is 663 g/mol. The van der Waals surface area contributed by atoms with Gasteiger partial charge in [0.1, 0.15) is 22.3 Å². The second-order valence-electron chi connectivity index (χ2n) is 14.0. The summed E-state index contributed by atoms with van der Waals surface area (Å²) in [5.41, 5.74) is 12.5. The van der Waals surface area contributed by atoms with Crippen LogP contribution in [-0.2, 0) is 0 Å². The van der Waals surface area contributed by atoms with Crippen LogP contribution in [0.3, 0.4) is 0 Å². The highest BCUT2D eigenvalue weighted by Gasteiger charge is 2.21.